The van der Waals surface area contributed by atoms with E-state index in [9.17, 15) is 0 Å². The van der Waals surface area contributed by atoms with Crippen molar-refractivity contribution < 1.29 is 0 Å². The predicted octanol–water partition coefficient (Wildman–Crippen LogP) is 4.41. The van der Waals surface area contributed by atoms with Crippen molar-refractivity contribution in [2.75, 3.05) is 20.1 Å². The van der Waals surface area contributed by atoms with Gasteiger partial charge >= 0.3 is 0 Å². The molecule has 0 aliphatic carbocycles. The second-order valence-electron chi connectivity index (χ2n) is 5.80. The molecular formula is C19H34N2. The molecular weight excluding hydrogens is 256 g/mol. The minimum absolute atomic E-state index is 0.186. The molecule has 1 atom stereocenters. The number of benzene rings is 1. The molecule has 0 aromatic heterocycles. The molecule has 1 N–H and O–H groups in total. The van der Waals surface area contributed by atoms with E-state index in [1.54, 1.807) is 0 Å². The Kier molecular flexibility index (Phi) is 7.41. The number of likely N-dealkylation sites (N-methyl/N-ethyl adjacent to an activating group) is 2. The van der Waals surface area contributed by atoms with E-state index in [1.165, 1.54) is 11.1 Å². The van der Waals surface area contributed by atoms with Crippen LogP contribution in [0.1, 0.15) is 64.6 Å². The van der Waals surface area contributed by atoms with Crippen LogP contribution in [0.2, 0.25) is 0 Å². The third-order valence-corrected chi connectivity index (χ3v) is 5.17. The van der Waals surface area contributed by atoms with Crippen molar-refractivity contribution in [1.29, 1.82) is 0 Å². The Labute approximate surface area is 131 Å². The van der Waals surface area contributed by atoms with E-state index in [4.69, 9.17) is 0 Å². The second kappa shape index (κ2) is 8.55. The molecule has 2 nitrogen and oxygen atoms in total. The lowest BCUT2D eigenvalue weighted by Gasteiger charge is -2.48. The highest BCUT2D eigenvalue weighted by molar-refractivity contribution is 5.28. The largest absolute Gasteiger partial charge is 0.311 e. The van der Waals surface area contributed by atoms with Gasteiger partial charge in [-0.1, -0.05) is 58.9 Å². The first-order chi connectivity index (χ1) is 10.1. The predicted molar refractivity (Wildman–Crippen MR) is 93.9 cm³/mol. The molecule has 0 radical (unpaired) electrons. The van der Waals surface area contributed by atoms with E-state index < -0.39 is 0 Å². The molecule has 1 aromatic carbocycles. The van der Waals surface area contributed by atoms with Crippen molar-refractivity contribution >= 4 is 0 Å². The van der Waals surface area contributed by atoms with Gasteiger partial charge in [0.2, 0.25) is 0 Å². The minimum atomic E-state index is 0.186. The highest BCUT2D eigenvalue weighted by Crippen LogP contribution is 2.37. The Hall–Kier alpha value is -0.860. The quantitative estimate of drug-likeness (QED) is 0.724. The zero-order chi connectivity index (χ0) is 15.9. The highest BCUT2D eigenvalue weighted by Gasteiger charge is 2.39. The molecule has 0 aliphatic rings. The van der Waals surface area contributed by atoms with Gasteiger partial charge in [-0.3, -0.25) is 4.90 Å². The van der Waals surface area contributed by atoms with Crippen LogP contribution in [0, 0.1) is 0 Å². The second-order valence-corrected chi connectivity index (χ2v) is 5.80. The molecule has 0 bridgehead atoms. The Bertz CT molecular complexity index is 389. The third-order valence-electron chi connectivity index (χ3n) is 5.17. The fraction of sp³-hybridized carbons (Fsp3) is 0.684. The maximum atomic E-state index is 3.61. The van der Waals surface area contributed by atoms with Crippen LogP contribution in [0.4, 0.5) is 0 Å². The van der Waals surface area contributed by atoms with Crippen molar-refractivity contribution in [3.63, 3.8) is 0 Å². The summed E-state index contributed by atoms with van der Waals surface area (Å²) < 4.78 is 0. The summed E-state index contributed by atoms with van der Waals surface area (Å²) in [6.07, 6.45) is 3.42. The monoisotopic (exact) mass is 290 g/mol. The molecule has 0 fully saturated rings. The molecule has 0 saturated carbocycles. The molecule has 21 heavy (non-hydrogen) atoms. The van der Waals surface area contributed by atoms with Crippen LogP contribution < -0.4 is 5.32 Å². The average molecular weight is 290 g/mol. The maximum absolute atomic E-state index is 3.61. The van der Waals surface area contributed by atoms with Crippen LogP contribution >= 0.6 is 0 Å². The van der Waals surface area contributed by atoms with Gasteiger partial charge in [0.25, 0.3) is 0 Å². The number of hydrogen-bond acceptors (Lipinski definition) is 2. The molecule has 0 heterocycles. The zero-order valence-electron chi connectivity index (χ0n) is 14.9. The lowest BCUT2D eigenvalue weighted by molar-refractivity contribution is 0.0515. The van der Waals surface area contributed by atoms with Crippen molar-refractivity contribution in [3.8, 4) is 0 Å². The number of aryl methyl sites for hydroxylation is 1. The van der Waals surface area contributed by atoms with Gasteiger partial charge in [0, 0.05) is 5.54 Å². The van der Waals surface area contributed by atoms with Gasteiger partial charge in [0.05, 0.1) is 6.04 Å². The third kappa shape index (κ3) is 3.67. The van der Waals surface area contributed by atoms with Crippen LogP contribution in [-0.2, 0) is 6.42 Å². The molecule has 0 saturated heterocycles. The molecule has 1 rings (SSSR count). The maximum Gasteiger partial charge on any atom is 0.0504 e. The molecule has 120 valence electrons. The first kappa shape index (κ1) is 18.2. The summed E-state index contributed by atoms with van der Waals surface area (Å²) >= 11 is 0. The number of nitrogens with zero attached hydrogens (tertiary/aromatic N) is 1. The molecule has 0 aliphatic heterocycles. The van der Waals surface area contributed by atoms with Crippen LogP contribution in [0.15, 0.2) is 24.3 Å². The van der Waals surface area contributed by atoms with Gasteiger partial charge < -0.3 is 5.32 Å². The summed E-state index contributed by atoms with van der Waals surface area (Å²) in [5, 5.41) is 3.61. The van der Waals surface area contributed by atoms with E-state index in [0.717, 1.165) is 32.4 Å². The van der Waals surface area contributed by atoms with E-state index in [1.807, 2.05) is 0 Å². The van der Waals surface area contributed by atoms with Gasteiger partial charge in [0.15, 0.2) is 0 Å². The summed E-state index contributed by atoms with van der Waals surface area (Å²) in [4.78, 5) is 2.63. The molecule has 2 heteroatoms. The van der Waals surface area contributed by atoms with E-state index in [2.05, 4.69) is 76.1 Å². The van der Waals surface area contributed by atoms with E-state index >= 15 is 0 Å². The zero-order valence-corrected chi connectivity index (χ0v) is 14.9. The average Bonchev–Trinajstić information content (AvgIpc) is 2.55. The van der Waals surface area contributed by atoms with Gasteiger partial charge in [-0.15, -0.1) is 0 Å². The van der Waals surface area contributed by atoms with Gasteiger partial charge in [0.1, 0.15) is 0 Å². The summed E-state index contributed by atoms with van der Waals surface area (Å²) in [5.74, 6) is 0. The number of hydrogen-bond donors (Lipinski definition) is 1. The van der Waals surface area contributed by atoms with Crippen LogP contribution in [0.25, 0.3) is 0 Å². The Morgan fingerprint density at radius 1 is 0.952 bits per heavy atom. The molecule has 0 amide bonds. The Morgan fingerprint density at radius 3 is 1.81 bits per heavy atom. The highest BCUT2D eigenvalue weighted by atomic mass is 15.2. The van der Waals surface area contributed by atoms with Crippen molar-refractivity contribution in [1.82, 2.24) is 10.2 Å². The summed E-state index contributed by atoms with van der Waals surface area (Å²) in [6, 6.07) is 9.54. The van der Waals surface area contributed by atoms with E-state index in [-0.39, 0.29) is 5.54 Å². The summed E-state index contributed by atoms with van der Waals surface area (Å²) in [7, 11) is 2.10. The standard InChI is InChI=1S/C19H34N2/c1-7-16-12-14-17(15-13-16)18(20-6)19(8-2,9-3)21(10-4)11-5/h12-15,18,20H,7-11H2,1-6H3. The SMILES string of the molecule is CCc1ccc(C(NC)C(CC)(CC)N(CC)CC)cc1. The first-order valence-electron chi connectivity index (χ1n) is 8.64. The molecule has 0 spiro atoms. The number of rotatable bonds is 9. The van der Waals surface area contributed by atoms with Gasteiger partial charge in [-0.25, -0.2) is 0 Å². The smallest absolute Gasteiger partial charge is 0.0504 e. The number of nitrogens with one attached hydrogen (secondary N) is 1. The van der Waals surface area contributed by atoms with Crippen molar-refractivity contribution in [3.05, 3.63) is 35.4 Å². The molecule has 1 unspecified atom stereocenters. The molecule has 1 aromatic rings. The first-order valence-corrected chi connectivity index (χ1v) is 8.64. The summed E-state index contributed by atoms with van der Waals surface area (Å²) in [5.41, 5.74) is 3.01. The normalized spacial score (nSPS) is 13.7. The lowest BCUT2D eigenvalue weighted by Crippen LogP contribution is -2.55. The van der Waals surface area contributed by atoms with Crippen LogP contribution in [0.5, 0.6) is 0 Å². The van der Waals surface area contributed by atoms with Crippen molar-refractivity contribution in [2.24, 2.45) is 0 Å². The Morgan fingerprint density at radius 2 is 1.48 bits per heavy atom. The van der Waals surface area contributed by atoms with Crippen LogP contribution in [-0.4, -0.2) is 30.6 Å². The van der Waals surface area contributed by atoms with Gasteiger partial charge in [-0.05, 0) is 50.5 Å². The lowest BCUT2D eigenvalue weighted by atomic mass is 9.79. The van der Waals surface area contributed by atoms with Gasteiger partial charge in [-0.2, -0.15) is 0 Å². The Balaban J connectivity index is 3.22. The minimum Gasteiger partial charge on any atom is -0.311 e. The fourth-order valence-electron chi connectivity index (χ4n) is 3.83. The van der Waals surface area contributed by atoms with Crippen molar-refractivity contribution in [2.45, 2.75) is 65.5 Å². The topological polar surface area (TPSA) is 15.3 Å². The van der Waals surface area contributed by atoms with E-state index in [0.29, 0.717) is 6.04 Å². The van der Waals surface area contributed by atoms with Crippen LogP contribution in [0.3, 0.4) is 0 Å². The summed E-state index contributed by atoms with van der Waals surface area (Å²) in [6.45, 7) is 13.6. The fourth-order valence-corrected chi connectivity index (χ4v) is 3.83.